The Hall–Kier alpha value is -1.88. The lowest BCUT2D eigenvalue weighted by Crippen LogP contribution is -2.34. The average molecular weight is 258 g/mol. The number of benzene rings is 1. The highest BCUT2D eigenvalue weighted by atomic mass is 16.2. The molecular weight excluding hydrogens is 240 g/mol. The van der Waals surface area contributed by atoms with Crippen molar-refractivity contribution in [3.05, 3.63) is 30.0 Å². The molecular formula is C14H18N4O. The number of carbonyl (C=O) groups excluding carboxylic acids is 1. The summed E-state index contributed by atoms with van der Waals surface area (Å²) in [6.45, 7) is 3.49. The van der Waals surface area contributed by atoms with E-state index in [-0.39, 0.29) is 11.9 Å². The van der Waals surface area contributed by atoms with Crippen molar-refractivity contribution in [2.24, 2.45) is 11.7 Å². The largest absolute Gasteiger partial charge is 0.336 e. The zero-order valence-corrected chi connectivity index (χ0v) is 11.0. The zero-order chi connectivity index (χ0) is 13.4. The molecule has 2 aromatic rings. The third-order valence-electron chi connectivity index (χ3n) is 3.94. The lowest BCUT2D eigenvalue weighted by Gasteiger charge is -2.21. The Balaban J connectivity index is 1.87. The third kappa shape index (κ3) is 2.10. The van der Waals surface area contributed by atoms with E-state index in [4.69, 9.17) is 5.73 Å². The van der Waals surface area contributed by atoms with Gasteiger partial charge in [-0.25, -0.2) is 0 Å². The highest BCUT2D eigenvalue weighted by Crippen LogP contribution is 2.25. The van der Waals surface area contributed by atoms with Gasteiger partial charge in [0.05, 0.1) is 11.7 Å². The number of carbonyl (C=O) groups is 1. The van der Waals surface area contributed by atoms with Gasteiger partial charge in [0.15, 0.2) is 0 Å². The molecule has 1 aliphatic heterocycles. The van der Waals surface area contributed by atoms with Gasteiger partial charge >= 0.3 is 0 Å². The van der Waals surface area contributed by atoms with Crippen molar-refractivity contribution in [1.29, 1.82) is 0 Å². The smallest absolute Gasteiger partial charge is 0.254 e. The van der Waals surface area contributed by atoms with E-state index in [9.17, 15) is 4.79 Å². The molecule has 0 bridgehead atoms. The van der Waals surface area contributed by atoms with Gasteiger partial charge in [-0.1, -0.05) is 6.07 Å². The molecule has 3 rings (SSSR count). The predicted molar refractivity (Wildman–Crippen MR) is 73.8 cm³/mol. The van der Waals surface area contributed by atoms with Gasteiger partial charge in [-0.15, -0.1) is 0 Å². The van der Waals surface area contributed by atoms with E-state index >= 15 is 0 Å². The minimum Gasteiger partial charge on any atom is -0.336 e. The Bertz CT molecular complexity index is 606. The molecule has 1 aromatic heterocycles. The van der Waals surface area contributed by atoms with E-state index in [1.807, 2.05) is 23.1 Å². The molecule has 0 saturated carbocycles. The molecule has 2 unspecified atom stereocenters. The highest BCUT2D eigenvalue weighted by Gasteiger charge is 2.32. The summed E-state index contributed by atoms with van der Waals surface area (Å²) in [4.78, 5) is 14.5. The van der Waals surface area contributed by atoms with Crippen molar-refractivity contribution in [2.75, 3.05) is 13.1 Å². The summed E-state index contributed by atoms with van der Waals surface area (Å²) in [5.74, 6) is 0.509. The van der Waals surface area contributed by atoms with Crippen LogP contribution in [0.15, 0.2) is 24.4 Å². The number of H-pyrrole nitrogens is 1. The number of likely N-dealkylation sites (tertiary alicyclic amines) is 1. The molecule has 1 amide bonds. The molecule has 1 aliphatic rings. The second kappa shape index (κ2) is 4.66. The molecule has 1 fully saturated rings. The lowest BCUT2D eigenvalue weighted by molar-refractivity contribution is 0.0743. The number of hydrogen-bond donors (Lipinski definition) is 2. The van der Waals surface area contributed by atoms with Crippen LogP contribution in [0.5, 0.6) is 0 Å². The van der Waals surface area contributed by atoms with Gasteiger partial charge in [0, 0.05) is 23.5 Å². The number of rotatable bonds is 2. The van der Waals surface area contributed by atoms with E-state index in [1.54, 1.807) is 6.20 Å². The van der Waals surface area contributed by atoms with Crippen LogP contribution in [0.25, 0.3) is 10.9 Å². The normalized spacial score (nSPS) is 23.2. The summed E-state index contributed by atoms with van der Waals surface area (Å²) in [7, 11) is 0. The summed E-state index contributed by atoms with van der Waals surface area (Å²) in [6, 6.07) is 5.92. The van der Waals surface area contributed by atoms with Gasteiger partial charge in [0.1, 0.15) is 0 Å². The van der Waals surface area contributed by atoms with Gasteiger partial charge in [-0.2, -0.15) is 5.10 Å². The number of nitrogens with one attached hydrogen (secondary N) is 1. The number of aromatic amines is 1. The molecule has 5 heteroatoms. The number of fused-ring (bicyclic) bond motifs is 1. The molecule has 2 atom stereocenters. The predicted octanol–water partition coefficient (Wildman–Crippen LogP) is 1.37. The molecule has 0 radical (unpaired) electrons. The van der Waals surface area contributed by atoms with Crippen molar-refractivity contribution in [3.63, 3.8) is 0 Å². The lowest BCUT2D eigenvalue weighted by atomic mass is 10.1. The van der Waals surface area contributed by atoms with Gasteiger partial charge in [0.25, 0.3) is 5.91 Å². The summed E-state index contributed by atoms with van der Waals surface area (Å²) in [5.41, 5.74) is 7.31. The second-order valence-corrected chi connectivity index (χ2v) is 5.32. The molecule has 2 heterocycles. The zero-order valence-electron chi connectivity index (χ0n) is 11.0. The fourth-order valence-electron chi connectivity index (χ4n) is 2.83. The summed E-state index contributed by atoms with van der Waals surface area (Å²) in [6.07, 6.45) is 2.75. The first-order chi connectivity index (χ1) is 9.19. The summed E-state index contributed by atoms with van der Waals surface area (Å²) in [5, 5.41) is 7.89. The Morgan fingerprint density at radius 3 is 3.16 bits per heavy atom. The van der Waals surface area contributed by atoms with Gasteiger partial charge in [-0.3, -0.25) is 9.89 Å². The molecule has 1 saturated heterocycles. The van der Waals surface area contributed by atoms with Gasteiger partial charge in [-0.05, 0) is 37.9 Å². The topological polar surface area (TPSA) is 75.0 Å². The second-order valence-electron chi connectivity index (χ2n) is 5.32. The number of amides is 1. The fourth-order valence-corrected chi connectivity index (χ4v) is 2.83. The van der Waals surface area contributed by atoms with Crippen molar-refractivity contribution in [3.8, 4) is 0 Å². The Morgan fingerprint density at radius 1 is 1.58 bits per heavy atom. The minimum atomic E-state index is 0.0833. The van der Waals surface area contributed by atoms with Crippen LogP contribution in [0.2, 0.25) is 0 Å². The first-order valence-electron chi connectivity index (χ1n) is 6.63. The van der Waals surface area contributed by atoms with Crippen molar-refractivity contribution in [2.45, 2.75) is 19.4 Å². The summed E-state index contributed by atoms with van der Waals surface area (Å²) >= 11 is 0. The molecule has 0 spiro atoms. The average Bonchev–Trinajstić information content (AvgIpc) is 3.02. The minimum absolute atomic E-state index is 0.0833. The van der Waals surface area contributed by atoms with E-state index in [0.29, 0.717) is 18.0 Å². The number of nitrogens with zero attached hydrogens (tertiary/aromatic N) is 2. The quantitative estimate of drug-likeness (QED) is 0.854. The molecule has 1 aromatic carbocycles. The van der Waals surface area contributed by atoms with E-state index in [1.165, 1.54) is 0 Å². The van der Waals surface area contributed by atoms with E-state index in [0.717, 1.165) is 23.9 Å². The molecule has 0 aliphatic carbocycles. The Kier molecular flexibility index (Phi) is 2.98. The highest BCUT2D eigenvalue weighted by molar-refractivity contribution is 5.98. The van der Waals surface area contributed by atoms with Crippen LogP contribution in [0.4, 0.5) is 0 Å². The van der Waals surface area contributed by atoms with E-state index in [2.05, 4.69) is 17.1 Å². The van der Waals surface area contributed by atoms with Crippen LogP contribution in [0.3, 0.4) is 0 Å². The molecule has 5 nitrogen and oxygen atoms in total. The van der Waals surface area contributed by atoms with Crippen LogP contribution < -0.4 is 5.73 Å². The first-order valence-corrected chi connectivity index (χ1v) is 6.63. The van der Waals surface area contributed by atoms with Crippen molar-refractivity contribution >= 4 is 16.8 Å². The van der Waals surface area contributed by atoms with Crippen LogP contribution in [0.1, 0.15) is 23.7 Å². The monoisotopic (exact) mass is 258 g/mol. The fraction of sp³-hybridized carbons (Fsp3) is 0.429. The van der Waals surface area contributed by atoms with Gasteiger partial charge in [0.2, 0.25) is 0 Å². The van der Waals surface area contributed by atoms with Crippen LogP contribution in [0, 0.1) is 5.92 Å². The van der Waals surface area contributed by atoms with Crippen molar-refractivity contribution in [1.82, 2.24) is 15.1 Å². The summed E-state index contributed by atoms with van der Waals surface area (Å²) < 4.78 is 0. The Morgan fingerprint density at radius 2 is 2.42 bits per heavy atom. The number of hydrogen-bond acceptors (Lipinski definition) is 3. The van der Waals surface area contributed by atoms with Crippen molar-refractivity contribution < 1.29 is 4.79 Å². The van der Waals surface area contributed by atoms with Crippen LogP contribution >= 0.6 is 0 Å². The SMILES string of the molecule is CC1CC(CN)CN1C(=O)c1ccc2cn[nH]c2c1. The van der Waals surface area contributed by atoms with Gasteiger partial charge < -0.3 is 10.6 Å². The first kappa shape index (κ1) is 12.2. The molecule has 100 valence electrons. The maximum atomic E-state index is 12.5. The Labute approximate surface area is 111 Å². The van der Waals surface area contributed by atoms with E-state index < -0.39 is 0 Å². The maximum Gasteiger partial charge on any atom is 0.254 e. The standard InChI is InChI=1S/C14H18N4O/c1-9-4-10(6-15)8-18(9)14(19)11-2-3-12-7-16-17-13(12)5-11/h2-3,5,7,9-10H,4,6,8,15H2,1H3,(H,16,17). The number of nitrogens with two attached hydrogens (primary N) is 1. The number of aromatic nitrogens is 2. The van der Waals surface area contributed by atoms with Crippen LogP contribution in [-0.4, -0.2) is 40.1 Å². The third-order valence-corrected chi connectivity index (χ3v) is 3.94. The van der Waals surface area contributed by atoms with Crippen LogP contribution in [-0.2, 0) is 0 Å². The maximum absolute atomic E-state index is 12.5. The molecule has 3 N–H and O–H groups in total. The molecule has 19 heavy (non-hydrogen) atoms.